The van der Waals surface area contributed by atoms with Gasteiger partial charge >= 0.3 is 0 Å². The SMILES string of the molecule is CCc1nc(NN)cc(Oc2cccc(C(C)C)c2)n1. The Morgan fingerprint density at radius 3 is 2.70 bits per heavy atom. The van der Waals surface area contributed by atoms with Crippen molar-refractivity contribution in [3.05, 3.63) is 41.7 Å². The van der Waals surface area contributed by atoms with E-state index in [0.717, 1.165) is 12.2 Å². The summed E-state index contributed by atoms with van der Waals surface area (Å²) < 4.78 is 5.81. The highest BCUT2D eigenvalue weighted by molar-refractivity contribution is 5.39. The number of rotatable bonds is 5. The summed E-state index contributed by atoms with van der Waals surface area (Å²) in [6.45, 7) is 6.28. The maximum Gasteiger partial charge on any atom is 0.224 e. The van der Waals surface area contributed by atoms with E-state index in [0.29, 0.717) is 23.4 Å². The Balaban J connectivity index is 2.27. The molecule has 0 spiro atoms. The molecule has 1 aromatic carbocycles. The first-order chi connectivity index (χ1) is 9.62. The van der Waals surface area contributed by atoms with Crippen molar-refractivity contribution in [1.82, 2.24) is 9.97 Å². The number of nitrogens with one attached hydrogen (secondary N) is 1. The van der Waals surface area contributed by atoms with Gasteiger partial charge < -0.3 is 10.2 Å². The van der Waals surface area contributed by atoms with Crippen molar-refractivity contribution in [3.63, 3.8) is 0 Å². The standard InChI is InChI=1S/C15H20N4O/c1-4-13-17-14(19-16)9-15(18-13)20-12-7-5-6-11(8-12)10(2)3/h5-10H,4,16H2,1-3H3,(H,17,18,19). The molecule has 0 atom stereocenters. The minimum absolute atomic E-state index is 0.455. The van der Waals surface area contributed by atoms with Crippen LogP contribution in [0.5, 0.6) is 11.6 Å². The van der Waals surface area contributed by atoms with E-state index in [1.54, 1.807) is 6.07 Å². The Morgan fingerprint density at radius 2 is 2.05 bits per heavy atom. The Hall–Kier alpha value is -2.14. The van der Waals surface area contributed by atoms with Gasteiger partial charge in [-0.1, -0.05) is 32.9 Å². The number of nitrogens with zero attached hydrogens (tertiary/aromatic N) is 2. The molecule has 0 aliphatic carbocycles. The number of hydrogen-bond donors (Lipinski definition) is 2. The van der Waals surface area contributed by atoms with E-state index < -0.39 is 0 Å². The van der Waals surface area contributed by atoms with Gasteiger partial charge in [-0.05, 0) is 23.6 Å². The fraction of sp³-hybridized carbons (Fsp3) is 0.333. The normalized spacial score (nSPS) is 10.7. The number of nitrogens with two attached hydrogens (primary N) is 1. The van der Waals surface area contributed by atoms with Crippen LogP contribution in [0.25, 0.3) is 0 Å². The topological polar surface area (TPSA) is 73.1 Å². The molecule has 106 valence electrons. The molecule has 0 bridgehead atoms. The predicted molar refractivity (Wildman–Crippen MR) is 79.8 cm³/mol. The molecule has 0 fully saturated rings. The molecule has 2 aromatic rings. The summed E-state index contributed by atoms with van der Waals surface area (Å²) in [5, 5.41) is 0. The lowest BCUT2D eigenvalue weighted by Crippen LogP contribution is -2.10. The number of ether oxygens (including phenoxy) is 1. The molecular weight excluding hydrogens is 252 g/mol. The smallest absolute Gasteiger partial charge is 0.224 e. The molecule has 0 aliphatic rings. The zero-order chi connectivity index (χ0) is 14.5. The van der Waals surface area contributed by atoms with Crippen molar-refractivity contribution in [2.45, 2.75) is 33.1 Å². The van der Waals surface area contributed by atoms with Crippen LogP contribution in [0.3, 0.4) is 0 Å². The molecule has 0 aliphatic heterocycles. The number of aromatic nitrogens is 2. The summed E-state index contributed by atoms with van der Waals surface area (Å²) in [6.07, 6.45) is 0.720. The molecule has 1 heterocycles. The summed E-state index contributed by atoms with van der Waals surface area (Å²) >= 11 is 0. The van der Waals surface area contributed by atoms with Gasteiger partial charge in [0.05, 0.1) is 0 Å². The molecule has 5 heteroatoms. The van der Waals surface area contributed by atoms with Crippen LogP contribution in [0.2, 0.25) is 0 Å². The van der Waals surface area contributed by atoms with Crippen LogP contribution in [0.1, 0.15) is 38.1 Å². The molecule has 0 amide bonds. The lowest BCUT2D eigenvalue weighted by molar-refractivity contribution is 0.458. The maximum atomic E-state index is 5.81. The van der Waals surface area contributed by atoms with Crippen LogP contribution < -0.4 is 16.0 Å². The van der Waals surface area contributed by atoms with Crippen molar-refractivity contribution in [3.8, 4) is 11.6 Å². The van der Waals surface area contributed by atoms with Crippen LogP contribution in [0.15, 0.2) is 30.3 Å². The lowest BCUT2D eigenvalue weighted by Gasteiger charge is -2.10. The van der Waals surface area contributed by atoms with E-state index in [1.807, 2.05) is 25.1 Å². The quantitative estimate of drug-likeness (QED) is 0.645. The number of benzene rings is 1. The zero-order valence-corrected chi connectivity index (χ0v) is 12.1. The van der Waals surface area contributed by atoms with Gasteiger partial charge in [0.1, 0.15) is 17.4 Å². The summed E-state index contributed by atoms with van der Waals surface area (Å²) in [4.78, 5) is 8.57. The van der Waals surface area contributed by atoms with Crippen LogP contribution >= 0.6 is 0 Å². The van der Waals surface area contributed by atoms with Gasteiger partial charge in [-0.15, -0.1) is 0 Å². The molecule has 0 saturated carbocycles. The zero-order valence-electron chi connectivity index (χ0n) is 12.1. The first kappa shape index (κ1) is 14.3. The van der Waals surface area contributed by atoms with Crippen molar-refractivity contribution in [1.29, 1.82) is 0 Å². The molecular formula is C15H20N4O. The fourth-order valence-electron chi connectivity index (χ4n) is 1.81. The van der Waals surface area contributed by atoms with Gasteiger partial charge in [-0.2, -0.15) is 4.98 Å². The van der Waals surface area contributed by atoms with Gasteiger partial charge in [0.25, 0.3) is 0 Å². The van der Waals surface area contributed by atoms with E-state index in [-0.39, 0.29) is 0 Å². The summed E-state index contributed by atoms with van der Waals surface area (Å²) in [7, 11) is 0. The lowest BCUT2D eigenvalue weighted by atomic mass is 10.0. The van der Waals surface area contributed by atoms with E-state index in [2.05, 4.69) is 35.3 Å². The van der Waals surface area contributed by atoms with Crippen LogP contribution in [-0.2, 0) is 6.42 Å². The van der Waals surface area contributed by atoms with Crippen LogP contribution in [-0.4, -0.2) is 9.97 Å². The molecule has 0 saturated heterocycles. The molecule has 20 heavy (non-hydrogen) atoms. The highest BCUT2D eigenvalue weighted by atomic mass is 16.5. The Morgan fingerprint density at radius 1 is 1.25 bits per heavy atom. The molecule has 5 nitrogen and oxygen atoms in total. The van der Waals surface area contributed by atoms with Crippen LogP contribution in [0, 0.1) is 0 Å². The van der Waals surface area contributed by atoms with Gasteiger partial charge in [-0.3, -0.25) is 0 Å². The first-order valence-electron chi connectivity index (χ1n) is 6.74. The monoisotopic (exact) mass is 272 g/mol. The average molecular weight is 272 g/mol. The summed E-state index contributed by atoms with van der Waals surface area (Å²) in [6, 6.07) is 9.68. The second kappa shape index (κ2) is 6.34. The van der Waals surface area contributed by atoms with Gasteiger partial charge in [0.15, 0.2) is 0 Å². The third kappa shape index (κ3) is 3.45. The van der Waals surface area contributed by atoms with Crippen molar-refractivity contribution >= 4 is 5.82 Å². The molecule has 0 unspecified atom stereocenters. The van der Waals surface area contributed by atoms with Crippen molar-refractivity contribution in [2.75, 3.05) is 5.43 Å². The molecule has 2 rings (SSSR count). The van der Waals surface area contributed by atoms with Crippen LogP contribution in [0.4, 0.5) is 5.82 Å². The Bertz CT molecular complexity index is 562. The van der Waals surface area contributed by atoms with E-state index in [4.69, 9.17) is 10.6 Å². The second-order valence-corrected chi connectivity index (χ2v) is 4.83. The number of hydrogen-bond acceptors (Lipinski definition) is 5. The first-order valence-corrected chi connectivity index (χ1v) is 6.74. The molecule has 3 N–H and O–H groups in total. The predicted octanol–water partition coefficient (Wildman–Crippen LogP) is 3.24. The number of nitrogen functional groups attached to an aromatic ring is 1. The highest BCUT2D eigenvalue weighted by Gasteiger charge is 2.06. The van der Waals surface area contributed by atoms with Crippen molar-refractivity contribution in [2.24, 2.45) is 5.84 Å². The third-order valence-electron chi connectivity index (χ3n) is 2.96. The Kier molecular flexibility index (Phi) is 4.53. The minimum Gasteiger partial charge on any atom is -0.439 e. The number of anilines is 1. The van der Waals surface area contributed by atoms with Crippen molar-refractivity contribution < 1.29 is 4.74 Å². The average Bonchev–Trinajstić information content (AvgIpc) is 2.47. The van der Waals surface area contributed by atoms with E-state index in [1.165, 1.54) is 5.56 Å². The van der Waals surface area contributed by atoms with Gasteiger partial charge in [0.2, 0.25) is 5.88 Å². The molecule has 0 radical (unpaired) electrons. The minimum atomic E-state index is 0.455. The third-order valence-corrected chi connectivity index (χ3v) is 2.96. The largest absolute Gasteiger partial charge is 0.439 e. The van der Waals surface area contributed by atoms with Gasteiger partial charge in [-0.25, -0.2) is 10.8 Å². The number of hydrazine groups is 1. The van der Waals surface area contributed by atoms with E-state index in [9.17, 15) is 0 Å². The fourth-order valence-corrected chi connectivity index (χ4v) is 1.81. The summed E-state index contributed by atoms with van der Waals surface area (Å²) in [5.41, 5.74) is 3.75. The van der Waals surface area contributed by atoms with E-state index >= 15 is 0 Å². The highest BCUT2D eigenvalue weighted by Crippen LogP contribution is 2.25. The van der Waals surface area contributed by atoms with Gasteiger partial charge in [0, 0.05) is 12.5 Å². The second-order valence-electron chi connectivity index (χ2n) is 4.83. The molecule has 1 aromatic heterocycles. The summed E-state index contributed by atoms with van der Waals surface area (Å²) in [5.74, 6) is 8.35. The Labute approximate surface area is 119 Å². The number of aryl methyl sites for hydroxylation is 1. The maximum absolute atomic E-state index is 5.81.